The molecule has 49 heavy (non-hydrogen) atoms. The number of piperidine rings is 1. The number of carbonyl (C=O) groups excluding carboxylic acids is 2. The molecule has 7 heteroatoms. The number of aromatic nitrogens is 2. The Balaban J connectivity index is 1.56. The van der Waals surface area contributed by atoms with Crippen LogP contribution < -0.4 is 0 Å². The van der Waals surface area contributed by atoms with Crippen LogP contribution in [0.4, 0.5) is 0 Å². The second-order valence-corrected chi connectivity index (χ2v) is 14.0. The van der Waals surface area contributed by atoms with E-state index in [9.17, 15) is 14.7 Å². The lowest BCUT2D eigenvalue weighted by atomic mass is 9.83. The van der Waals surface area contributed by atoms with E-state index in [0.29, 0.717) is 38.0 Å². The summed E-state index contributed by atoms with van der Waals surface area (Å²) in [5.74, 6) is 0.00240. The number of aliphatic hydroxyl groups excluding tert-OH is 1. The maximum absolute atomic E-state index is 14.3. The molecule has 7 nitrogen and oxygen atoms in total. The van der Waals surface area contributed by atoms with Crippen LogP contribution in [0.3, 0.4) is 0 Å². The van der Waals surface area contributed by atoms with Gasteiger partial charge in [-0.25, -0.2) is 4.68 Å². The molecule has 2 aliphatic carbocycles. The van der Waals surface area contributed by atoms with E-state index in [1.807, 2.05) is 44.8 Å². The fourth-order valence-corrected chi connectivity index (χ4v) is 7.20. The predicted molar refractivity (Wildman–Crippen MR) is 200 cm³/mol. The first-order valence-corrected chi connectivity index (χ1v) is 17.1. The van der Waals surface area contributed by atoms with E-state index in [1.54, 1.807) is 11.0 Å². The molecule has 0 radical (unpaired) electrons. The topological polar surface area (TPSA) is 78.7 Å². The van der Waals surface area contributed by atoms with E-state index >= 15 is 0 Å². The second-order valence-electron chi connectivity index (χ2n) is 14.0. The van der Waals surface area contributed by atoms with Crippen LogP contribution >= 0.6 is 0 Å². The molecule has 2 unspecified atom stereocenters. The Kier molecular flexibility index (Phi) is 10.4. The zero-order valence-electron chi connectivity index (χ0n) is 30.1. The maximum Gasteiger partial charge on any atom is 0.255 e. The van der Waals surface area contributed by atoms with Gasteiger partial charge in [-0.2, -0.15) is 5.10 Å². The molecule has 2 aliphatic heterocycles. The highest BCUT2D eigenvalue weighted by molar-refractivity contribution is 6.08. The number of fused-ring (bicyclic) bond motifs is 1. The van der Waals surface area contributed by atoms with Crippen LogP contribution in [0, 0.1) is 11.8 Å². The first kappa shape index (κ1) is 35.6. The minimum atomic E-state index is -1.20. The molecule has 2 atom stereocenters. The van der Waals surface area contributed by atoms with Gasteiger partial charge in [-0.05, 0) is 95.6 Å². The summed E-state index contributed by atoms with van der Waals surface area (Å²) < 4.78 is 1.81. The Morgan fingerprint density at radius 2 is 1.71 bits per heavy atom. The number of ketones is 1. The molecule has 256 valence electrons. The summed E-state index contributed by atoms with van der Waals surface area (Å²) in [6.45, 7) is 27.8. The molecule has 1 N–H and O–H groups in total. The Hall–Kier alpha value is -4.75. The summed E-state index contributed by atoms with van der Waals surface area (Å²) in [6.07, 6.45) is 18.2. The second kappa shape index (κ2) is 14.4. The molecule has 0 saturated carbocycles. The molecule has 0 aromatic carbocycles. The van der Waals surface area contributed by atoms with Crippen molar-refractivity contribution >= 4 is 23.0 Å². The summed E-state index contributed by atoms with van der Waals surface area (Å²) in [5, 5.41) is 14.5. The summed E-state index contributed by atoms with van der Waals surface area (Å²) in [4.78, 5) is 30.9. The van der Waals surface area contributed by atoms with E-state index in [1.165, 1.54) is 22.8 Å². The molecule has 1 aromatic rings. The van der Waals surface area contributed by atoms with E-state index in [0.717, 1.165) is 50.5 Å². The van der Waals surface area contributed by atoms with Gasteiger partial charge in [0.2, 0.25) is 0 Å². The van der Waals surface area contributed by atoms with Crippen LogP contribution in [0.2, 0.25) is 0 Å². The van der Waals surface area contributed by atoms with Crippen molar-refractivity contribution in [2.24, 2.45) is 11.8 Å². The first-order valence-electron chi connectivity index (χ1n) is 17.1. The molecule has 1 saturated heterocycles. The van der Waals surface area contributed by atoms with Crippen molar-refractivity contribution in [3.05, 3.63) is 136 Å². The Labute approximate surface area is 291 Å². The zero-order chi connectivity index (χ0) is 35.7. The Bertz CT molecular complexity index is 1870. The Morgan fingerprint density at radius 1 is 1.02 bits per heavy atom. The SMILES string of the molecule is C=CC(O)C(=O)N1CCC(/C(C)=C(\C(=O)C=C(C)C)C(=C(C)C)N2CC=CC(C3=CC=C(c4cnn(C(=C)C)c4)C4C=C34)=C2C(=C)C)CC1. The zero-order valence-corrected chi connectivity index (χ0v) is 30.1. The number of allylic oxidation sites excluding steroid dienone is 15. The van der Waals surface area contributed by atoms with Gasteiger partial charge in [0, 0.05) is 54.2 Å². The molecule has 0 spiro atoms. The summed E-state index contributed by atoms with van der Waals surface area (Å²) in [5.41, 5.74) is 13.3. The molecule has 1 amide bonds. The van der Waals surface area contributed by atoms with Crippen molar-refractivity contribution in [2.75, 3.05) is 19.6 Å². The van der Waals surface area contributed by atoms with Gasteiger partial charge in [0.1, 0.15) is 0 Å². The van der Waals surface area contributed by atoms with E-state index < -0.39 is 6.10 Å². The number of hydrogen-bond donors (Lipinski definition) is 1. The third-order valence-corrected chi connectivity index (χ3v) is 9.68. The monoisotopic (exact) mass is 658 g/mol. The highest BCUT2D eigenvalue weighted by Crippen LogP contribution is 2.51. The van der Waals surface area contributed by atoms with Gasteiger partial charge >= 0.3 is 0 Å². The van der Waals surface area contributed by atoms with Gasteiger partial charge in [-0.1, -0.05) is 72.9 Å². The highest BCUT2D eigenvalue weighted by Gasteiger charge is 2.38. The van der Waals surface area contributed by atoms with Crippen LogP contribution in [-0.2, 0) is 9.59 Å². The highest BCUT2D eigenvalue weighted by atomic mass is 16.3. The molecular formula is C42H50N4O3. The van der Waals surface area contributed by atoms with E-state index in [4.69, 9.17) is 0 Å². The number of amides is 1. The van der Waals surface area contributed by atoms with Crippen molar-refractivity contribution in [1.82, 2.24) is 19.6 Å². The third kappa shape index (κ3) is 7.18. The number of nitrogens with zero attached hydrogens (tertiary/aromatic N) is 4. The molecule has 1 aromatic heterocycles. The minimum absolute atomic E-state index is 0.0174. The smallest absolute Gasteiger partial charge is 0.255 e. The lowest BCUT2D eigenvalue weighted by Crippen LogP contribution is -2.43. The van der Waals surface area contributed by atoms with Gasteiger partial charge in [-0.15, -0.1) is 0 Å². The van der Waals surface area contributed by atoms with Crippen LogP contribution in [0.5, 0.6) is 0 Å². The van der Waals surface area contributed by atoms with Crippen LogP contribution in [-0.4, -0.2) is 62.1 Å². The van der Waals surface area contributed by atoms with Crippen molar-refractivity contribution in [2.45, 2.75) is 67.4 Å². The van der Waals surface area contributed by atoms with Gasteiger partial charge < -0.3 is 14.9 Å². The normalized spacial score (nSPS) is 19.9. The van der Waals surface area contributed by atoms with Gasteiger partial charge in [0.25, 0.3) is 5.91 Å². The lowest BCUT2D eigenvalue weighted by Gasteiger charge is -2.38. The molecule has 0 bridgehead atoms. The number of aliphatic hydroxyl groups is 1. The average Bonchev–Trinajstić information content (AvgIpc) is 3.71. The van der Waals surface area contributed by atoms with Gasteiger partial charge in [0.15, 0.2) is 11.9 Å². The van der Waals surface area contributed by atoms with Crippen molar-refractivity contribution in [1.29, 1.82) is 0 Å². The molecule has 3 heterocycles. The van der Waals surface area contributed by atoms with Crippen LogP contribution in [0.1, 0.15) is 66.9 Å². The summed E-state index contributed by atoms with van der Waals surface area (Å²) in [6, 6.07) is 0. The fraction of sp³-hybridized carbons (Fsp3) is 0.357. The fourth-order valence-electron chi connectivity index (χ4n) is 7.20. The number of carbonyl (C=O) groups is 2. The van der Waals surface area contributed by atoms with Crippen molar-refractivity contribution < 1.29 is 14.7 Å². The van der Waals surface area contributed by atoms with Crippen molar-refractivity contribution in [3.63, 3.8) is 0 Å². The summed E-state index contributed by atoms with van der Waals surface area (Å²) in [7, 11) is 0. The van der Waals surface area contributed by atoms with E-state index in [2.05, 4.69) is 80.9 Å². The van der Waals surface area contributed by atoms with Crippen LogP contribution in [0.15, 0.2) is 131 Å². The lowest BCUT2D eigenvalue weighted by molar-refractivity contribution is -0.139. The predicted octanol–water partition coefficient (Wildman–Crippen LogP) is 7.89. The first-order chi connectivity index (χ1) is 23.2. The van der Waals surface area contributed by atoms with Crippen LogP contribution in [0.25, 0.3) is 11.3 Å². The molecule has 1 fully saturated rings. The van der Waals surface area contributed by atoms with E-state index in [-0.39, 0.29) is 23.5 Å². The minimum Gasteiger partial charge on any atom is -0.379 e. The van der Waals surface area contributed by atoms with Crippen molar-refractivity contribution in [3.8, 4) is 0 Å². The maximum atomic E-state index is 14.3. The molecule has 4 aliphatic rings. The van der Waals surface area contributed by atoms with Gasteiger partial charge in [0.05, 0.1) is 17.6 Å². The quantitative estimate of drug-likeness (QED) is 0.149. The number of hydrogen-bond acceptors (Lipinski definition) is 5. The third-order valence-electron chi connectivity index (χ3n) is 9.68. The Morgan fingerprint density at radius 3 is 2.29 bits per heavy atom. The average molecular weight is 659 g/mol. The molecular weight excluding hydrogens is 608 g/mol. The van der Waals surface area contributed by atoms with Gasteiger partial charge in [-0.3, -0.25) is 9.59 Å². The number of likely N-dealkylation sites (tertiary alicyclic amines) is 1. The number of rotatable bonds is 11. The largest absolute Gasteiger partial charge is 0.379 e. The molecule has 5 rings (SSSR count). The standard InChI is InChI=1S/C42H50N4O3/c1-11-37(47)42(49)44-19-16-30(17-20-44)29(10)39(38(48)21-25(2)3)41(27(6)7)45-18-12-13-34(40(45)26(4)5)33-15-14-32(35-22-36(33)35)31-23-43-46(24-31)28(8)9/h11-15,21-24,30,35,37,47H,1,4,8,16-20H2,2-3,5-7,9-10H3/b39-29+. The summed E-state index contributed by atoms with van der Waals surface area (Å²) >= 11 is 0.